The average molecular weight is 503 g/mol. The number of pyridine rings is 1. The fraction of sp³-hybridized carbons (Fsp3) is 0.714. The molecule has 0 aromatic carbocycles. The largest absolute Gasteiger partial charge is 0.379 e. The maximum absolute atomic E-state index is 11.6. The summed E-state index contributed by atoms with van der Waals surface area (Å²) in [6, 6.07) is 2.06. The van der Waals surface area contributed by atoms with Gasteiger partial charge in [0.2, 0.25) is 5.91 Å². The Morgan fingerprint density at radius 3 is 2.31 bits per heavy atom. The molecule has 0 radical (unpaired) electrons. The third kappa shape index (κ3) is 10.3. The number of hydrogen-bond donors (Lipinski definition) is 1. The van der Waals surface area contributed by atoms with Crippen LogP contribution in [-0.2, 0) is 19.1 Å². The van der Waals surface area contributed by atoms with Gasteiger partial charge in [0.25, 0.3) is 0 Å². The van der Waals surface area contributed by atoms with E-state index in [0.29, 0.717) is 18.8 Å². The Morgan fingerprint density at radius 1 is 1.14 bits per heavy atom. The minimum Gasteiger partial charge on any atom is -0.379 e. The number of aldehydes is 2. The first kappa shape index (κ1) is 29.9. The molecule has 0 spiro atoms. The van der Waals surface area contributed by atoms with Crippen LogP contribution in [0.4, 0.5) is 5.69 Å². The lowest BCUT2D eigenvalue weighted by Gasteiger charge is -2.37. The van der Waals surface area contributed by atoms with Crippen LogP contribution < -0.4 is 10.2 Å². The lowest BCUT2D eigenvalue weighted by Crippen LogP contribution is -2.41. The summed E-state index contributed by atoms with van der Waals surface area (Å²) in [5.41, 5.74) is 1.98. The highest BCUT2D eigenvalue weighted by Gasteiger charge is 2.25. The van der Waals surface area contributed by atoms with E-state index in [0.717, 1.165) is 82.2 Å². The van der Waals surface area contributed by atoms with Crippen LogP contribution in [0.15, 0.2) is 18.5 Å². The number of methoxy groups -OCH3 is 1. The zero-order chi connectivity index (χ0) is 26.6. The van der Waals surface area contributed by atoms with Gasteiger partial charge in [0.15, 0.2) is 0 Å². The highest BCUT2D eigenvalue weighted by atomic mass is 16.5. The molecule has 0 aliphatic carbocycles. The maximum Gasteiger partial charge on any atom is 0.219 e. The topological polar surface area (TPSA) is 91.8 Å². The molecule has 2 aliphatic heterocycles. The molecule has 8 heteroatoms. The van der Waals surface area contributed by atoms with Gasteiger partial charge < -0.3 is 29.4 Å². The van der Waals surface area contributed by atoms with E-state index in [1.165, 1.54) is 0 Å². The summed E-state index contributed by atoms with van der Waals surface area (Å²) in [5, 5.41) is 2.60. The molecule has 8 nitrogen and oxygen atoms in total. The third-order valence-electron chi connectivity index (χ3n) is 7.23. The van der Waals surface area contributed by atoms with E-state index in [4.69, 9.17) is 4.74 Å². The second-order valence-corrected chi connectivity index (χ2v) is 11.0. The number of nitrogens with one attached hydrogen (secondary N) is 1. The predicted octanol–water partition coefficient (Wildman–Crippen LogP) is 3.45. The summed E-state index contributed by atoms with van der Waals surface area (Å²) in [5.74, 6) is 0.597. The summed E-state index contributed by atoms with van der Waals surface area (Å²) in [7, 11) is 3.32. The molecule has 3 heterocycles. The Balaban J connectivity index is 0.000000678. The van der Waals surface area contributed by atoms with Crippen LogP contribution in [0.5, 0.6) is 0 Å². The molecule has 1 aromatic heterocycles. The number of amides is 1. The van der Waals surface area contributed by atoms with E-state index >= 15 is 0 Å². The van der Waals surface area contributed by atoms with Crippen molar-refractivity contribution >= 4 is 24.2 Å². The number of carbonyl (C=O) groups excluding carboxylic acids is 3. The summed E-state index contributed by atoms with van der Waals surface area (Å²) in [4.78, 5) is 43.2. The number of piperidine rings is 2. The van der Waals surface area contributed by atoms with Gasteiger partial charge in [-0.15, -0.1) is 0 Å². The third-order valence-corrected chi connectivity index (χ3v) is 7.23. The predicted molar refractivity (Wildman–Crippen MR) is 143 cm³/mol. The van der Waals surface area contributed by atoms with Crippen molar-refractivity contribution in [1.82, 2.24) is 15.2 Å². The number of carbonyl (C=O) groups is 3. The molecule has 0 bridgehead atoms. The van der Waals surface area contributed by atoms with E-state index in [1.807, 2.05) is 27.0 Å². The normalized spacial score (nSPS) is 18.6. The molecule has 0 saturated carbocycles. The second kappa shape index (κ2) is 15.1. The molecule has 1 N–H and O–H groups in total. The van der Waals surface area contributed by atoms with Crippen LogP contribution in [0.25, 0.3) is 0 Å². The van der Waals surface area contributed by atoms with Crippen molar-refractivity contribution in [3.8, 4) is 0 Å². The first-order valence-corrected chi connectivity index (χ1v) is 13.3. The van der Waals surface area contributed by atoms with Crippen molar-refractivity contribution in [2.75, 3.05) is 51.8 Å². The summed E-state index contributed by atoms with van der Waals surface area (Å²) in [6.07, 6.45) is 10.8. The summed E-state index contributed by atoms with van der Waals surface area (Å²) in [6.45, 7) is 11.3. The van der Waals surface area contributed by atoms with Crippen molar-refractivity contribution in [2.45, 2.75) is 70.8 Å². The quantitative estimate of drug-likeness (QED) is 0.517. The van der Waals surface area contributed by atoms with Gasteiger partial charge in [0, 0.05) is 58.2 Å². The number of aromatic nitrogens is 1. The number of rotatable bonds is 9. The highest BCUT2D eigenvalue weighted by Crippen LogP contribution is 2.28. The molecule has 2 fully saturated rings. The fourth-order valence-corrected chi connectivity index (χ4v) is 4.56. The van der Waals surface area contributed by atoms with Gasteiger partial charge in [-0.2, -0.15) is 0 Å². The second-order valence-electron chi connectivity index (χ2n) is 11.0. The zero-order valence-electron chi connectivity index (χ0n) is 22.9. The average Bonchev–Trinajstić information content (AvgIpc) is 2.90. The first-order valence-electron chi connectivity index (χ1n) is 13.3. The number of likely N-dealkylation sites (tertiary alicyclic amines) is 1. The van der Waals surface area contributed by atoms with Gasteiger partial charge in [0.1, 0.15) is 12.6 Å². The Morgan fingerprint density at radius 2 is 1.78 bits per heavy atom. The van der Waals surface area contributed by atoms with E-state index in [-0.39, 0.29) is 23.3 Å². The van der Waals surface area contributed by atoms with Crippen LogP contribution in [0.2, 0.25) is 0 Å². The van der Waals surface area contributed by atoms with Gasteiger partial charge in [-0.1, -0.05) is 0 Å². The minimum absolute atomic E-state index is 0.0417. The molecular weight excluding hydrogens is 456 g/mol. The first-order chi connectivity index (χ1) is 17.2. The van der Waals surface area contributed by atoms with Crippen molar-refractivity contribution in [1.29, 1.82) is 0 Å². The van der Waals surface area contributed by atoms with E-state index in [2.05, 4.69) is 26.2 Å². The molecule has 1 unspecified atom stereocenters. The maximum atomic E-state index is 11.6. The minimum atomic E-state index is -0.304. The van der Waals surface area contributed by atoms with Gasteiger partial charge in [-0.25, -0.2) is 0 Å². The zero-order valence-corrected chi connectivity index (χ0v) is 22.9. The molecule has 1 amide bonds. The Labute approximate surface area is 217 Å². The fourth-order valence-electron chi connectivity index (χ4n) is 4.56. The highest BCUT2D eigenvalue weighted by molar-refractivity contribution is 5.76. The molecule has 2 aliphatic rings. The van der Waals surface area contributed by atoms with Gasteiger partial charge in [0.05, 0.1) is 17.5 Å². The Bertz CT molecular complexity index is 810. The summed E-state index contributed by atoms with van der Waals surface area (Å²) >= 11 is 0. The number of nitrogens with zero attached hydrogens (tertiary/aromatic N) is 3. The lowest BCUT2D eigenvalue weighted by molar-refractivity contribution is -0.120. The molecule has 3 rings (SSSR count). The van der Waals surface area contributed by atoms with Gasteiger partial charge in [-0.05, 0) is 83.5 Å². The van der Waals surface area contributed by atoms with Crippen LogP contribution in [0.1, 0.15) is 70.8 Å². The lowest BCUT2D eigenvalue weighted by atomic mass is 9.92. The SMILES string of the molecule is CNC(=O)CCC(C=O)c1cncc(N2CCC(CN3CCC(C=O)CC3)CC2)c1.COC(C)(C)C. The van der Waals surface area contributed by atoms with Gasteiger partial charge in [-0.3, -0.25) is 9.78 Å². The Hall–Kier alpha value is -2.32. The molecule has 36 heavy (non-hydrogen) atoms. The number of ether oxygens (including phenoxy) is 1. The van der Waals surface area contributed by atoms with Crippen molar-refractivity contribution in [2.24, 2.45) is 11.8 Å². The monoisotopic (exact) mass is 502 g/mol. The van der Waals surface area contributed by atoms with E-state index < -0.39 is 0 Å². The van der Waals surface area contributed by atoms with E-state index in [1.54, 1.807) is 20.4 Å². The van der Waals surface area contributed by atoms with Crippen LogP contribution in [0, 0.1) is 11.8 Å². The molecule has 1 atom stereocenters. The standard InChI is InChI=1S/C23H34N4O3.C5H12O/c1-24-23(30)3-2-20(17-29)21-12-22(14-25-13-21)27-10-6-18(7-11-27)15-26-8-4-19(16-28)5-9-26;1-5(2,3)6-4/h12-14,16-20H,2-11,15H2,1H3,(H,24,30);1-4H3. The molecule has 1 aromatic rings. The van der Waals surface area contributed by atoms with Crippen LogP contribution >= 0.6 is 0 Å². The number of hydrogen-bond acceptors (Lipinski definition) is 7. The van der Waals surface area contributed by atoms with Crippen molar-refractivity contribution < 1.29 is 19.1 Å². The number of anilines is 1. The van der Waals surface area contributed by atoms with E-state index in [9.17, 15) is 14.4 Å². The van der Waals surface area contributed by atoms with Crippen LogP contribution in [0.3, 0.4) is 0 Å². The summed E-state index contributed by atoms with van der Waals surface area (Å²) < 4.78 is 4.94. The molecular formula is C28H46N4O4. The van der Waals surface area contributed by atoms with Gasteiger partial charge >= 0.3 is 0 Å². The Kier molecular flexibility index (Phi) is 12.5. The van der Waals surface area contributed by atoms with Crippen molar-refractivity contribution in [3.05, 3.63) is 24.0 Å². The molecule has 2 saturated heterocycles. The van der Waals surface area contributed by atoms with Crippen LogP contribution in [-0.4, -0.2) is 80.8 Å². The smallest absolute Gasteiger partial charge is 0.219 e. The van der Waals surface area contributed by atoms with Crippen molar-refractivity contribution in [3.63, 3.8) is 0 Å². The molecule has 202 valence electrons.